The molecule has 0 radical (unpaired) electrons. The molecule has 106 valence electrons. The lowest BCUT2D eigenvalue weighted by atomic mass is 10.3. The highest BCUT2D eigenvalue weighted by Gasteiger charge is 2.25. The summed E-state index contributed by atoms with van der Waals surface area (Å²) in [5.41, 5.74) is 0. The molecule has 1 aromatic rings. The summed E-state index contributed by atoms with van der Waals surface area (Å²) in [5, 5.41) is 3.87. The van der Waals surface area contributed by atoms with Gasteiger partial charge < -0.3 is 10.2 Å². The first-order valence-corrected chi connectivity index (χ1v) is 7.63. The Morgan fingerprint density at radius 3 is 2.79 bits per heavy atom. The highest BCUT2D eigenvalue weighted by molar-refractivity contribution is 6.32. The fourth-order valence-corrected chi connectivity index (χ4v) is 2.28. The molecule has 1 aromatic heterocycles. The van der Waals surface area contributed by atoms with Crippen molar-refractivity contribution in [1.82, 2.24) is 9.97 Å². The van der Waals surface area contributed by atoms with Crippen molar-refractivity contribution in [3.05, 3.63) is 11.2 Å². The van der Waals surface area contributed by atoms with Crippen LogP contribution in [0.3, 0.4) is 0 Å². The van der Waals surface area contributed by atoms with E-state index in [0.29, 0.717) is 11.0 Å². The molecule has 1 saturated carbocycles. The van der Waals surface area contributed by atoms with Gasteiger partial charge in [-0.05, 0) is 31.6 Å². The summed E-state index contributed by atoms with van der Waals surface area (Å²) in [6.45, 7) is 7.27. The van der Waals surface area contributed by atoms with Crippen molar-refractivity contribution in [2.75, 3.05) is 29.9 Å². The number of nitrogens with one attached hydrogen (secondary N) is 1. The molecule has 0 spiro atoms. The molecule has 1 aliphatic rings. The average Bonchev–Trinajstić information content (AvgIpc) is 3.21. The fraction of sp³-hybridized carbons (Fsp3) is 0.714. The van der Waals surface area contributed by atoms with Crippen LogP contribution in [-0.4, -0.2) is 29.6 Å². The van der Waals surface area contributed by atoms with Gasteiger partial charge >= 0.3 is 0 Å². The van der Waals surface area contributed by atoms with Gasteiger partial charge in [0.25, 0.3) is 0 Å². The maximum Gasteiger partial charge on any atom is 0.224 e. The standard InChI is InChI=1S/C14H23ClN4/c1-3-7-16-14-17-9-12(15)13(18-14)19(8-4-2)10-11-5-6-11/h9,11H,3-8,10H2,1-2H3,(H,16,17,18). The van der Waals surface area contributed by atoms with Crippen LogP contribution in [0.25, 0.3) is 0 Å². The van der Waals surface area contributed by atoms with Gasteiger partial charge in [0.15, 0.2) is 5.82 Å². The highest BCUT2D eigenvalue weighted by atomic mass is 35.5. The van der Waals surface area contributed by atoms with E-state index in [4.69, 9.17) is 11.6 Å². The summed E-state index contributed by atoms with van der Waals surface area (Å²) >= 11 is 6.27. The normalized spacial score (nSPS) is 14.5. The predicted octanol–water partition coefficient (Wildman–Crippen LogP) is 3.58. The minimum Gasteiger partial charge on any atom is -0.355 e. The molecule has 1 aliphatic carbocycles. The first-order chi connectivity index (χ1) is 9.24. The second kappa shape index (κ2) is 6.94. The molecule has 4 nitrogen and oxygen atoms in total. The fourth-order valence-electron chi connectivity index (χ4n) is 2.07. The van der Waals surface area contributed by atoms with Gasteiger partial charge in [0, 0.05) is 19.6 Å². The van der Waals surface area contributed by atoms with E-state index in [9.17, 15) is 0 Å². The van der Waals surface area contributed by atoms with Crippen molar-refractivity contribution >= 4 is 23.4 Å². The molecule has 0 bridgehead atoms. The topological polar surface area (TPSA) is 41.1 Å². The summed E-state index contributed by atoms with van der Waals surface area (Å²) in [6, 6.07) is 0. The maximum atomic E-state index is 6.27. The smallest absolute Gasteiger partial charge is 0.224 e. The monoisotopic (exact) mass is 282 g/mol. The largest absolute Gasteiger partial charge is 0.355 e. The number of hydrogen-bond donors (Lipinski definition) is 1. The average molecular weight is 283 g/mol. The Bertz CT molecular complexity index is 406. The number of hydrogen-bond acceptors (Lipinski definition) is 4. The van der Waals surface area contributed by atoms with Crippen molar-refractivity contribution < 1.29 is 0 Å². The molecule has 5 heteroatoms. The summed E-state index contributed by atoms with van der Waals surface area (Å²) < 4.78 is 0. The summed E-state index contributed by atoms with van der Waals surface area (Å²) in [5.74, 6) is 2.38. The van der Waals surface area contributed by atoms with Crippen molar-refractivity contribution in [3.8, 4) is 0 Å². The molecule has 0 atom stereocenters. The van der Waals surface area contributed by atoms with Gasteiger partial charge in [0.2, 0.25) is 5.95 Å². The number of rotatable bonds is 8. The van der Waals surface area contributed by atoms with E-state index < -0.39 is 0 Å². The lowest BCUT2D eigenvalue weighted by Gasteiger charge is -2.24. The van der Waals surface area contributed by atoms with Gasteiger partial charge in [-0.2, -0.15) is 4.98 Å². The molecule has 0 amide bonds. The van der Waals surface area contributed by atoms with Crippen LogP contribution in [0.4, 0.5) is 11.8 Å². The predicted molar refractivity (Wildman–Crippen MR) is 81.1 cm³/mol. The zero-order valence-corrected chi connectivity index (χ0v) is 12.6. The Hall–Kier alpha value is -1.03. The van der Waals surface area contributed by atoms with Crippen LogP contribution in [0, 0.1) is 5.92 Å². The summed E-state index contributed by atoms with van der Waals surface area (Å²) in [6.07, 6.45) is 6.54. The van der Waals surface area contributed by atoms with Crippen LogP contribution >= 0.6 is 11.6 Å². The number of anilines is 2. The van der Waals surface area contributed by atoms with Gasteiger partial charge in [-0.25, -0.2) is 4.98 Å². The van der Waals surface area contributed by atoms with Gasteiger partial charge in [0.05, 0.1) is 6.20 Å². The van der Waals surface area contributed by atoms with E-state index in [1.54, 1.807) is 6.20 Å². The van der Waals surface area contributed by atoms with Crippen molar-refractivity contribution in [2.24, 2.45) is 5.92 Å². The molecule has 1 heterocycles. The molecule has 1 N–H and O–H groups in total. The third-order valence-electron chi connectivity index (χ3n) is 3.23. The van der Waals surface area contributed by atoms with Crippen molar-refractivity contribution in [1.29, 1.82) is 0 Å². The first kappa shape index (κ1) is 14.4. The number of nitrogens with zero attached hydrogens (tertiary/aromatic N) is 3. The second-order valence-electron chi connectivity index (χ2n) is 5.18. The molecule has 0 aliphatic heterocycles. The van der Waals surface area contributed by atoms with Gasteiger partial charge in [-0.3, -0.25) is 0 Å². The van der Waals surface area contributed by atoms with E-state index in [1.807, 2.05) is 0 Å². The molecule has 19 heavy (non-hydrogen) atoms. The SMILES string of the molecule is CCCNc1ncc(Cl)c(N(CCC)CC2CC2)n1. The third-order valence-corrected chi connectivity index (χ3v) is 3.49. The van der Waals surface area contributed by atoms with Crippen LogP contribution in [0.5, 0.6) is 0 Å². The molecule has 2 rings (SSSR count). The lowest BCUT2D eigenvalue weighted by molar-refractivity contribution is 0.698. The minimum absolute atomic E-state index is 0.649. The quantitative estimate of drug-likeness (QED) is 0.791. The molecular weight excluding hydrogens is 260 g/mol. The molecule has 0 unspecified atom stereocenters. The van der Waals surface area contributed by atoms with E-state index in [2.05, 4.69) is 34.0 Å². The van der Waals surface area contributed by atoms with E-state index in [1.165, 1.54) is 12.8 Å². The summed E-state index contributed by atoms with van der Waals surface area (Å²) in [4.78, 5) is 11.1. The zero-order chi connectivity index (χ0) is 13.7. The van der Waals surface area contributed by atoms with Gasteiger partial charge in [-0.1, -0.05) is 25.4 Å². The lowest BCUT2D eigenvalue weighted by Crippen LogP contribution is -2.28. The maximum absolute atomic E-state index is 6.27. The van der Waals surface area contributed by atoms with Gasteiger partial charge in [0.1, 0.15) is 5.02 Å². The van der Waals surface area contributed by atoms with Crippen molar-refractivity contribution in [3.63, 3.8) is 0 Å². The Balaban J connectivity index is 2.13. The van der Waals surface area contributed by atoms with Crippen LogP contribution in [0.1, 0.15) is 39.5 Å². The third kappa shape index (κ3) is 4.23. The second-order valence-corrected chi connectivity index (χ2v) is 5.59. The van der Waals surface area contributed by atoms with Crippen LogP contribution in [0.2, 0.25) is 5.02 Å². The van der Waals surface area contributed by atoms with E-state index in [-0.39, 0.29) is 0 Å². The number of halogens is 1. The minimum atomic E-state index is 0.649. The zero-order valence-electron chi connectivity index (χ0n) is 11.8. The van der Waals surface area contributed by atoms with Gasteiger partial charge in [-0.15, -0.1) is 0 Å². The first-order valence-electron chi connectivity index (χ1n) is 7.26. The molecular formula is C14H23ClN4. The van der Waals surface area contributed by atoms with Crippen LogP contribution in [-0.2, 0) is 0 Å². The Morgan fingerprint density at radius 2 is 2.16 bits per heavy atom. The highest BCUT2D eigenvalue weighted by Crippen LogP contribution is 2.33. The molecule has 1 fully saturated rings. The van der Waals surface area contributed by atoms with Crippen LogP contribution < -0.4 is 10.2 Å². The Kier molecular flexibility index (Phi) is 5.25. The van der Waals surface area contributed by atoms with Crippen LogP contribution in [0.15, 0.2) is 6.20 Å². The Labute approximate surface area is 120 Å². The molecule has 0 saturated heterocycles. The number of aromatic nitrogens is 2. The summed E-state index contributed by atoms with van der Waals surface area (Å²) in [7, 11) is 0. The van der Waals surface area contributed by atoms with E-state index >= 15 is 0 Å². The van der Waals surface area contributed by atoms with Crippen molar-refractivity contribution in [2.45, 2.75) is 39.5 Å². The Morgan fingerprint density at radius 1 is 1.37 bits per heavy atom. The molecule has 0 aromatic carbocycles. The van der Waals surface area contributed by atoms with E-state index in [0.717, 1.165) is 44.2 Å².